The summed E-state index contributed by atoms with van der Waals surface area (Å²) in [6.07, 6.45) is 14.0. The number of allylic oxidation sites excluding steroid dienone is 3. The number of benzene rings is 1. The van der Waals surface area contributed by atoms with Crippen molar-refractivity contribution in [3.05, 3.63) is 71.5 Å². The minimum atomic E-state index is -0.833. The van der Waals surface area contributed by atoms with Crippen LogP contribution < -0.4 is 0 Å². The minimum absolute atomic E-state index is 0.129. The molecule has 1 aromatic carbocycles. The van der Waals surface area contributed by atoms with Crippen LogP contribution in [0, 0.1) is 22.7 Å². The van der Waals surface area contributed by atoms with E-state index < -0.39 is 5.60 Å². The zero-order valence-electron chi connectivity index (χ0n) is 20.0. The van der Waals surface area contributed by atoms with Gasteiger partial charge in [0.25, 0.3) is 0 Å². The van der Waals surface area contributed by atoms with Gasteiger partial charge in [-0.2, -0.15) is 0 Å². The highest BCUT2D eigenvalue weighted by Gasteiger charge is 2.62. The summed E-state index contributed by atoms with van der Waals surface area (Å²) in [5.74, 6) is 0.625. The Hall–Kier alpha value is -2.23. The lowest BCUT2D eigenvalue weighted by Gasteiger charge is -2.56. The molecule has 0 spiro atoms. The van der Waals surface area contributed by atoms with Crippen molar-refractivity contribution in [1.29, 1.82) is 0 Å². The molecule has 1 heterocycles. The summed E-state index contributed by atoms with van der Waals surface area (Å²) in [6.45, 7) is 7.06. The Bertz CT molecular complexity index is 1220. The summed E-state index contributed by atoms with van der Waals surface area (Å²) in [5, 5.41) is 23.9. The molecule has 4 aliphatic rings. The van der Waals surface area contributed by atoms with E-state index in [1.165, 1.54) is 22.1 Å². The third kappa shape index (κ3) is 2.91. The van der Waals surface area contributed by atoms with Crippen LogP contribution in [0.25, 0.3) is 16.5 Å². The van der Waals surface area contributed by atoms with E-state index in [1.807, 2.05) is 12.3 Å². The van der Waals surface area contributed by atoms with Crippen LogP contribution in [0.3, 0.4) is 0 Å². The summed E-state index contributed by atoms with van der Waals surface area (Å²) in [4.78, 5) is 4.60. The molecule has 2 N–H and O–H groups in total. The van der Waals surface area contributed by atoms with Crippen molar-refractivity contribution in [1.82, 2.24) is 4.98 Å². The van der Waals surface area contributed by atoms with Gasteiger partial charge in [-0.1, -0.05) is 62.8 Å². The highest BCUT2D eigenvalue weighted by atomic mass is 16.3. The molecule has 0 bridgehead atoms. The molecule has 33 heavy (non-hydrogen) atoms. The summed E-state index contributed by atoms with van der Waals surface area (Å²) < 4.78 is 0. The molecule has 1 saturated carbocycles. The van der Waals surface area contributed by atoms with Crippen LogP contribution in [-0.2, 0) is 0 Å². The largest absolute Gasteiger partial charge is 0.393 e. The highest BCUT2D eigenvalue weighted by Crippen LogP contribution is 2.67. The van der Waals surface area contributed by atoms with E-state index in [0.29, 0.717) is 5.92 Å². The van der Waals surface area contributed by atoms with Gasteiger partial charge in [-0.3, -0.25) is 4.98 Å². The second-order valence-corrected chi connectivity index (χ2v) is 11.6. The first-order valence-corrected chi connectivity index (χ1v) is 12.6. The number of hydrogen-bond acceptors (Lipinski definition) is 3. The first kappa shape index (κ1) is 21.3. The molecule has 5 atom stereocenters. The van der Waals surface area contributed by atoms with Crippen molar-refractivity contribution < 1.29 is 10.2 Å². The predicted octanol–water partition coefficient (Wildman–Crippen LogP) is 6.22. The Kier molecular flexibility index (Phi) is 4.61. The van der Waals surface area contributed by atoms with Crippen molar-refractivity contribution in [3.63, 3.8) is 0 Å². The number of aliphatic hydroxyl groups is 2. The molecule has 4 unspecified atom stereocenters. The smallest absolute Gasteiger partial charge is 0.0933 e. The molecule has 3 heteroatoms. The average molecular weight is 442 g/mol. The van der Waals surface area contributed by atoms with Crippen LogP contribution in [0.15, 0.2) is 65.9 Å². The van der Waals surface area contributed by atoms with Gasteiger partial charge in [-0.05, 0) is 78.7 Å². The van der Waals surface area contributed by atoms with Crippen LogP contribution in [0.1, 0.15) is 64.9 Å². The molecule has 3 nitrogen and oxygen atoms in total. The maximum atomic E-state index is 12.4. The van der Waals surface area contributed by atoms with Crippen molar-refractivity contribution >= 4 is 16.5 Å². The number of aromatic nitrogens is 1. The lowest BCUT2D eigenvalue weighted by Crippen LogP contribution is -2.55. The standard InChI is InChI=1S/C30H35NO2/c1-28(2)18-21-16-20-17-22(32)10-9-19(20)13-14-30(21,33)27-12-11-25(29(27,28)3)23-6-4-8-26-24(23)7-5-15-31-26/h4-8,11,15-16,18-19,22,27,32-33H,9-10,12-14,17H2,1-3H3/t19?,22?,27?,29?,30-/m1/s1. The fourth-order valence-electron chi connectivity index (χ4n) is 7.64. The van der Waals surface area contributed by atoms with Gasteiger partial charge in [0.2, 0.25) is 0 Å². The summed E-state index contributed by atoms with van der Waals surface area (Å²) >= 11 is 0. The first-order valence-electron chi connectivity index (χ1n) is 12.6. The summed E-state index contributed by atoms with van der Waals surface area (Å²) in [6, 6.07) is 10.6. The normalized spacial score (nSPS) is 37.2. The maximum Gasteiger partial charge on any atom is 0.0933 e. The van der Waals surface area contributed by atoms with E-state index in [0.717, 1.165) is 49.6 Å². The van der Waals surface area contributed by atoms with Gasteiger partial charge in [0.1, 0.15) is 0 Å². The van der Waals surface area contributed by atoms with Crippen LogP contribution >= 0.6 is 0 Å². The Morgan fingerprint density at radius 2 is 1.88 bits per heavy atom. The lowest BCUT2D eigenvalue weighted by molar-refractivity contribution is -0.0651. The second kappa shape index (κ2) is 7.13. The fourth-order valence-corrected chi connectivity index (χ4v) is 7.64. The van der Waals surface area contributed by atoms with Crippen molar-refractivity contribution in [3.8, 4) is 0 Å². The molecular weight excluding hydrogens is 406 g/mol. The van der Waals surface area contributed by atoms with Crippen molar-refractivity contribution in [2.45, 2.75) is 71.0 Å². The van der Waals surface area contributed by atoms with E-state index in [-0.39, 0.29) is 22.9 Å². The molecular formula is C30H35NO2. The van der Waals surface area contributed by atoms with Crippen LogP contribution in [0.5, 0.6) is 0 Å². The van der Waals surface area contributed by atoms with Gasteiger partial charge in [-0.15, -0.1) is 0 Å². The van der Waals surface area contributed by atoms with Gasteiger partial charge < -0.3 is 10.2 Å². The van der Waals surface area contributed by atoms with Crippen LogP contribution in [0.2, 0.25) is 0 Å². The third-order valence-electron chi connectivity index (χ3n) is 9.74. The topological polar surface area (TPSA) is 53.4 Å². The zero-order chi connectivity index (χ0) is 23.0. The number of nitrogens with zero attached hydrogens (tertiary/aromatic N) is 1. The molecule has 0 radical (unpaired) electrons. The molecule has 0 saturated heterocycles. The quantitative estimate of drug-likeness (QED) is 0.552. The molecule has 172 valence electrons. The van der Waals surface area contributed by atoms with E-state index in [9.17, 15) is 10.2 Å². The summed E-state index contributed by atoms with van der Waals surface area (Å²) in [5.41, 5.74) is 4.91. The third-order valence-corrected chi connectivity index (χ3v) is 9.74. The predicted molar refractivity (Wildman–Crippen MR) is 133 cm³/mol. The Morgan fingerprint density at radius 3 is 2.73 bits per heavy atom. The zero-order valence-corrected chi connectivity index (χ0v) is 20.0. The van der Waals surface area contributed by atoms with Crippen molar-refractivity contribution in [2.24, 2.45) is 22.7 Å². The van der Waals surface area contributed by atoms with Crippen LogP contribution in [-0.4, -0.2) is 26.9 Å². The molecule has 1 fully saturated rings. The Labute approximate surface area is 196 Å². The monoisotopic (exact) mass is 441 g/mol. The number of rotatable bonds is 1. The molecule has 1 aromatic heterocycles. The van der Waals surface area contributed by atoms with Crippen LogP contribution in [0.4, 0.5) is 0 Å². The first-order chi connectivity index (χ1) is 15.7. The number of pyridine rings is 1. The molecule has 2 aromatic rings. The number of fused-ring (bicyclic) bond motifs is 5. The highest BCUT2D eigenvalue weighted by molar-refractivity contribution is 5.94. The van der Waals surface area contributed by atoms with Gasteiger partial charge in [0.05, 0.1) is 17.2 Å². The van der Waals surface area contributed by atoms with Gasteiger partial charge in [0.15, 0.2) is 0 Å². The lowest BCUT2D eigenvalue weighted by atomic mass is 9.49. The van der Waals surface area contributed by atoms with Gasteiger partial charge in [-0.25, -0.2) is 0 Å². The van der Waals surface area contributed by atoms with E-state index in [2.05, 4.69) is 68.2 Å². The molecule has 6 rings (SSSR count). The van der Waals surface area contributed by atoms with Gasteiger partial charge >= 0.3 is 0 Å². The van der Waals surface area contributed by atoms with Crippen molar-refractivity contribution in [2.75, 3.05) is 0 Å². The number of hydrogen-bond donors (Lipinski definition) is 2. The van der Waals surface area contributed by atoms with E-state index >= 15 is 0 Å². The second-order valence-electron chi connectivity index (χ2n) is 11.6. The van der Waals surface area contributed by atoms with E-state index in [1.54, 1.807) is 0 Å². The number of aliphatic hydroxyl groups excluding tert-OH is 1. The summed E-state index contributed by atoms with van der Waals surface area (Å²) in [7, 11) is 0. The maximum absolute atomic E-state index is 12.4. The molecule has 0 amide bonds. The Morgan fingerprint density at radius 1 is 1.03 bits per heavy atom. The minimum Gasteiger partial charge on any atom is -0.393 e. The molecule has 4 aliphatic carbocycles. The molecule has 0 aliphatic heterocycles. The fraction of sp³-hybridized carbons (Fsp3) is 0.500. The van der Waals surface area contributed by atoms with Gasteiger partial charge in [0, 0.05) is 22.9 Å². The SMILES string of the molecule is CC1(C)C=C2C=C3CC(O)CCC3CC[C@]2(O)C2CC=C(c3cccc4ncccc34)C21C. The van der Waals surface area contributed by atoms with E-state index in [4.69, 9.17) is 0 Å². The average Bonchev–Trinajstić information content (AvgIpc) is 3.10. The Balaban J connectivity index is 1.50.